The van der Waals surface area contributed by atoms with Gasteiger partial charge in [0.15, 0.2) is 6.23 Å². The molecule has 12 heteroatoms. The van der Waals surface area contributed by atoms with Crippen LogP contribution in [0.5, 0.6) is 11.5 Å². The first-order chi connectivity index (χ1) is 17.8. The van der Waals surface area contributed by atoms with Gasteiger partial charge in [-0.15, -0.1) is 0 Å². The molecule has 1 amide bonds. The van der Waals surface area contributed by atoms with Crippen LogP contribution >= 0.6 is 0 Å². The molecule has 3 aromatic carbocycles. The number of aliphatic hydroxyl groups is 1. The Morgan fingerprint density at radius 3 is 2.32 bits per heavy atom. The van der Waals surface area contributed by atoms with Gasteiger partial charge in [0.1, 0.15) is 17.0 Å². The Hall–Kier alpha value is -4.84. The highest BCUT2D eigenvalue weighted by Gasteiger charge is 2.30. The zero-order valence-corrected chi connectivity index (χ0v) is 18.9. The Kier molecular flexibility index (Phi) is 6.24. The molecule has 5 N–H and O–H groups in total. The van der Waals surface area contributed by atoms with Crippen molar-refractivity contribution >= 4 is 28.8 Å². The van der Waals surface area contributed by atoms with Gasteiger partial charge in [0.05, 0.1) is 16.6 Å². The van der Waals surface area contributed by atoms with Crippen molar-refractivity contribution in [3.63, 3.8) is 0 Å². The summed E-state index contributed by atoms with van der Waals surface area (Å²) < 4.78 is 43.7. The van der Waals surface area contributed by atoms with Crippen molar-refractivity contribution in [3.05, 3.63) is 95.8 Å². The van der Waals surface area contributed by atoms with Crippen LogP contribution in [0.25, 0.3) is 11.0 Å². The number of nitrogens with one attached hydrogen (secondary N) is 4. The van der Waals surface area contributed by atoms with E-state index < -0.39 is 23.9 Å². The molecule has 188 valence electrons. The number of alkyl halides is 3. The first-order valence-corrected chi connectivity index (χ1v) is 11.0. The van der Waals surface area contributed by atoms with Gasteiger partial charge in [-0.25, -0.2) is 9.97 Å². The van der Waals surface area contributed by atoms with Crippen molar-refractivity contribution in [1.29, 1.82) is 0 Å². The molecule has 9 nitrogen and oxygen atoms in total. The van der Waals surface area contributed by atoms with E-state index >= 15 is 0 Å². The number of ether oxygens (including phenoxy) is 1. The van der Waals surface area contributed by atoms with Gasteiger partial charge >= 0.3 is 6.18 Å². The third-order valence-corrected chi connectivity index (χ3v) is 5.37. The van der Waals surface area contributed by atoms with E-state index in [1.165, 1.54) is 18.3 Å². The number of amides is 1. The largest absolute Gasteiger partial charge is 0.457 e. The number of aliphatic hydroxyl groups excluding tert-OH is 1. The Balaban J connectivity index is 1.26. The minimum absolute atomic E-state index is 0.242. The fourth-order valence-corrected chi connectivity index (χ4v) is 3.57. The summed E-state index contributed by atoms with van der Waals surface area (Å²) in [6.45, 7) is 0. The van der Waals surface area contributed by atoms with E-state index in [1.54, 1.807) is 48.7 Å². The molecule has 0 aliphatic carbocycles. The summed E-state index contributed by atoms with van der Waals surface area (Å²) in [5, 5.41) is 16.1. The van der Waals surface area contributed by atoms with E-state index in [9.17, 15) is 23.1 Å². The summed E-state index contributed by atoms with van der Waals surface area (Å²) in [7, 11) is 0. The average molecular weight is 508 g/mol. The minimum atomic E-state index is -4.42. The second-order valence-corrected chi connectivity index (χ2v) is 7.92. The van der Waals surface area contributed by atoms with E-state index in [-0.39, 0.29) is 11.7 Å². The van der Waals surface area contributed by atoms with E-state index in [0.29, 0.717) is 33.9 Å². The number of fused-ring (bicyclic) bond motifs is 1. The SMILES string of the molecule is O=C(Nc1ncc[nH]1)c1cccc2[nH]c(NC(O)c3ccc(Oc4ccc(C(F)(F)F)cc4)cc3)nc12. The molecule has 5 rings (SSSR count). The molecule has 2 aromatic heterocycles. The molecule has 0 saturated carbocycles. The van der Waals surface area contributed by atoms with Crippen LogP contribution in [0.4, 0.5) is 25.1 Å². The lowest BCUT2D eigenvalue weighted by molar-refractivity contribution is -0.137. The normalized spacial score (nSPS) is 12.3. The van der Waals surface area contributed by atoms with Crippen LogP contribution in [0.3, 0.4) is 0 Å². The number of hydrogen-bond acceptors (Lipinski definition) is 6. The molecule has 1 atom stereocenters. The number of halogens is 3. The molecule has 0 radical (unpaired) electrons. The van der Waals surface area contributed by atoms with Crippen LogP contribution in [0, 0.1) is 0 Å². The third kappa shape index (κ3) is 5.38. The van der Waals surface area contributed by atoms with Gasteiger partial charge < -0.3 is 25.1 Å². The highest BCUT2D eigenvalue weighted by atomic mass is 19.4. The summed E-state index contributed by atoms with van der Waals surface area (Å²) in [4.78, 5) is 26.8. The monoisotopic (exact) mass is 508 g/mol. The number of rotatable bonds is 7. The zero-order valence-electron chi connectivity index (χ0n) is 18.9. The first-order valence-electron chi connectivity index (χ1n) is 11.0. The molecule has 0 saturated heterocycles. The predicted molar refractivity (Wildman–Crippen MR) is 129 cm³/mol. The van der Waals surface area contributed by atoms with Gasteiger partial charge in [-0.1, -0.05) is 18.2 Å². The fourth-order valence-electron chi connectivity index (χ4n) is 3.57. The van der Waals surface area contributed by atoms with E-state index in [1.807, 2.05) is 0 Å². The smallest absolute Gasteiger partial charge is 0.416 e. The second-order valence-electron chi connectivity index (χ2n) is 7.92. The number of carbonyl (C=O) groups excluding carboxylic acids is 1. The topological polar surface area (TPSA) is 128 Å². The van der Waals surface area contributed by atoms with Crippen LogP contribution in [-0.2, 0) is 6.18 Å². The maximum Gasteiger partial charge on any atom is 0.416 e. The molecular formula is C25H19F3N6O3. The van der Waals surface area contributed by atoms with Gasteiger partial charge in [0.2, 0.25) is 11.9 Å². The van der Waals surface area contributed by atoms with Crippen molar-refractivity contribution in [2.45, 2.75) is 12.4 Å². The van der Waals surface area contributed by atoms with Crippen LogP contribution in [0.2, 0.25) is 0 Å². The predicted octanol–water partition coefficient (Wildman–Crippen LogP) is 5.45. The van der Waals surface area contributed by atoms with Crippen LogP contribution < -0.4 is 15.4 Å². The molecule has 0 aliphatic rings. The molecular weight excluding hydrogens is 489 g/mol. The summed E-state index contributed by atoms with van der Waals surface area (Å²) >= 11 is 0. The highest BCUT2D eigenvalue weighted by Crippen LogP contribution is 2.31. The molecule has 0 bridgehead atoms. The number of anilines is 2. The number of para-hydroxylation sites is 1. The van der Waals surface area contributed by atoms with Crippen LogP contribution in [-0.4, -0.2) is 30.9 Å². The fraction of sp³-hybridized carbons (Fsp3) is 0.0800. The molecule has 1 unspecified atom stereocenters. The van der Waals surface area contributed by atoms with Crippen molar-refractivity contribution < 1.29 is 27.8 Å². The summed E-state index contributed by atoms with van der Waals surface area (Å²) in [5.74, 6) is 0.769. The average Bonchev–Trinajstić information content (AvgIpc) is 3.53. The van der Waals surface area contributed by atoms with Crippen molar-refractivity contribution in [2.75, 3.05) is 10.6 Å². The van der Waals surface area contributed by atoms with Gasteiger partial charge in [0.25, 0.3) is 5.91 Å². The number of aromatic amines is 2. The van der Waals surface area contributed by atoms with Crippen molar-refractivity contribution in [1.82, 2.24) is 19.9 Å². The van der Waals surface area contributed by atoms with Crippen LogP contribution in [0.1, 0.15) is 27.7 Å². The Bertz CT molecular complexity index is 1510. The van der Waals surface area contributed by atoms with E-state index in [4.69, 9.17) is 4.74 Å². The van der Waals surface area contributed by atoms with Gasteiger partial charge in [0, 0.05) is 18.0 Å². The number of aromatic nitrogens is 4. The van der Waals surface area contributed by atoms with Crippen LogP contribution in [0.15, 0.2) is 79.1 Å². The number of nitrogens with zero attached hydrogens (tertiary/aromatic N) is 2. The Labute approximate surface area is 207 Å². The first kappa shape index (κ1) is 23.9. The van der Waals surface area contributed by atoms with Gasteiger partial charge in [-0.3, -0.25) is 10.1 Å². The molecule has 0 spiro atoms. The quantitative estimate of drug-likeness (QED) is 0.186. The van der Waals surface area contributed by atoms with Crippen molar-refractivity contribution in [2.24, 2.45) is 0 Å². The zero-order chi connectivity index (χ0) is 26.0. The maximum atomic E-state index is 12.7. The Morgan fingerprint density at radius 2 is 1.68 bits per heavy atom. The highest BCUT2D eigenvalue weighted by molar-refractivity contribution is 6.11. The maximum absolute atomic E-state index is 12.7. The standard InChI is InChI=1S/C25H19F3N6O3/c26-25(27,28)15-6-10-17(11-7-15)37-16-8-4-14(5-9-16)21(35)33-24-31-19-3-1-2-18(20(19)32-24)22(36)34-23-29-12-13-30-23/h1-13,21,35H,(H2,31,32,33)(H2,29,30,34,36). The van der Waals surface area contributed by atoms with E-state index in [0.717, 1.165) is 12.1 Å². The Morgan fingerprint density at radius 1 is 0.973 bits per heavy atom. The molecule has 0 aliphatic heterocycles. The number of hydrogen-bond donors (Lipinski definition) is 5. The third-order valence-electron chi connectivity index (χ3n) is 5.37. The lowest BCUT2D eigenvalue weighted by Crippen LogP contribution is -2.13. The molecule has 2 heterocycles. The second kappa shape index (κ2) is 9.66. The van der Waals surface area contributed by atoms with Crippen molar-refractivity contribution in [3.8, 4) is 11.5 Å². The van der Waals surface area contributed by atoms with E-state index in [2.05, 4.69) is 30.6 Å². The number of imidazole rings is 2. The summed E-state index contributed by atoms with van der Waals surface area (Å²) in [6.07, 6.45) is -2.47. The lowest BCUT2D eigenvalue weighted by atomic mass is 10.2. The number of carbonyl (C=O) groups is 1. The minimum Gasteiger partial charge on any atom is -0.457 e. The molecule has 5 aromatic rings. The number of H-pyrrole nitrogens is 2. The summed E-state index contributed by atoms with van der Waals surface area (Å²) in [6, 6.07) is 15.8. The summed E-state index contributed by atoms with van der Waals surface area (Å²) in [5.41, 5.74) is 1.03. The van der Waals surface area contributed by atoms with Gasteiger partial charge in [-0.05, 0) is 48.5 Å². The molecule has 0 fully saturated rings. The lowest BCUT2D eigenvalue weighted by Gasteiger charge is -2.13. The van der Waals surface area contributed by atoms with Gasteiger partial charge in [-0.2, -0.15) is 13.2 Å². The number of benzene rings is 3. The molecule has 37 heavy (non-hydrogen) atoms.